The molecule has 0 bridgehead atoms. The van der Waals surface area contributed by atoms with E-state index in [4.69, 9.17) is 0 Å². The number of piperazine rings is 1. The second-order valence-electron chi connectivity index (χ2n) is 4.24. The molecule has 7 heteroatoms. The van der Waals surface area contributed by atoms with Gasteiger partial charge in [-0.15, -0.1) is 0 Å². The Morgan fingerprint density at radius 2 is 2.00 bits per heavy atom. The Hall–Kier alpha value is -1.60. The van der Waals surface area contributed by atoms with E-state index in [1.807, 2.05) is 6.92 Å². The van der Waals surface area contributed by atoms with Crippen molar-refractivity contribution in [3.8, 4) is 0 Å². The standard InChI is InChI=1S/C12H17N3O3S/c1-2-13-10-3-5-11(6-4-10)19(17,18)15-8-7-14-12(16)9-15/h3-6,13H,2,7-9H2,1H3,(H,14,16). The van der Waals surface area contributed by atoms with E-state index in [1.54, 1.807) is 24.3 Å². The van der Waals surface area contributed by atoms with Gasteiger partial charge in [-0.1, -0.05) is 0 Å². The molecule has 1 aromatic carbocycles. The maximum Gasteiger partial charge on any atom is 0.243 e. The first-order chi connectivity index (χ1) is 9.04. The van der Waals surface area contributed by atoms with E-state index < -0.39 is 10.0 Å². The van der Waals surface area contributed by atoms with Crippen molar-refractivity contribution in [3.63, 3.8) is 0 Å². The van der Waals surface area contributed by atoms with Crippen LogP contribution in [0.5, 0.6) is 0 Å². The summed E-state index contributed by atoms with van der Waals surface area (Å²) in [7, 11) is -3.58. The van der Waals surface area contributed by atoms with Gasteiger partial charge in [0.25, 0.3) is 0 Å². The molecule has 1 aliphatic heterocycles. The number of hydrogen-bond donors (Lipinski definition) is 2. The van der Waals surface area contributed by atoms with Crippen LogP contribution in [0.3, 0.4) is 0 Å². The lowest BCUT2D eigenvalue weighted by atomic mass is 10.3. The third-order valence-electron chi connectivity index (χ3n) is 2.88. The van der Waals surface area contributed by atoms with Gasteiger partial charge in [-0.05, 0) is 31.2 Å². The minimum Gasteiger partial charge on any atom is -0.385 e. The van der Waals surface area contributed by atoms with Crippen LogP contribution in [0.4, 0.5) is 5.69 Å². The zero-order valence-corrected chi connectivity index (χ0v) is 11.5. The largest absolute Gasteiger partial charge is 0.385 e. The van der Waals surface area contributed by atoms with Crippen molar-refractivity contribution in [2.45, 2.75) is 11.8 Å². The van der Waals surface area contributed by atoms with Gasteiger partial charge in [0.1, 0.15) is 0 Å². The van der Waals surface area contributed by atoms with Gasteiger partial charge in [0.05, 0.1) is 11.4 Å². The summed E-state index contributed by atoms with van der Waals surface area (Å²) in [6.45, 7) is 3.29. The lowest BCUT2D eigenvalue weighted by molar-refractivity contribution is -0.122. The topological polar surface area (TPSA) is 78.5 Å². The molecule has 0 aromatic heterocycles. The Bertz CT molecular complexity index is 554. The van der Waals surface area contributed by atoms with Crippen molar-refractivity contribution >= 4 is 21.6 Å². The first kappa shape index (κ1) is 13.8. The van der Waals surface area contributed by atoms with Crippen LogP contribution in [0.25, 0.3) is 0 Å². The number of benzene rings is 1. The molecule has 0 radical (unpaired) electrons. The Balaban J connectivity index is 2.21. The predicted molar refractivity (Wildman–Crippen MR) is 72.4 cm³/mol. The summed E-state index contributed by atoms with van der Waals surface area (Å²) in [4.78, 5) is 11.5. The van der Waals surface area contributed by atoms with Crippen LogP contribution in [0.2, 0.25) is 0 Å². The molecule has 104 valence electrons. The molecular formula is C12H17N3O3S. The fraction of sp³-hybridized carbons (Fsp3) is 0.417. The van der Waals surface area contributed by atoms with Crippen LogP contribution in [0.15, 0.2) is 29.2 Å². The summed E-state index contributed by atoms with van der Waals surface area (Å²) < 4.78 is 25.9. The summed E-state index contributed by atoms with van der Waals surface area (Å²) in [5.74, 6) is -0.265. The summed E-state index contributed by atoms with van der Waals surface area (Å²) in [6.07, 6.45) is 0. The zero-order valence-electron chi connectivity index (χ0n) is 10.7. The highest BCUT2D eigenvalue weighted by Crippen LogP contribution is 2.18. The van der Waals surface area contributed by atoms with E-state index >= 15 is 0 Å². The van der Waals surface area contributed by atoms with Gasteiger partial charge >= 0.3 is 0 Å². The Morgan fingerprint density at radius 1 is 1.32 bits per heavy atom. The van der Waals surface area contributed by atoms with E-state index in [1.165, 1.54) is 4.31 Å². The van der Waals surface area contributed by atoms with Crippen molar-refractivity contribution in [3.05, 3.63) is 24.3 Å². The number of rotatable bonds is 4. The van der Waals surface area contributed by atoms with Gasteiger partial charge in [-0.3, -0.25) is 4.79 Å². The van der Waals surface area contributed by atoms with Crippen molar-refractivity contribution in [1.29, 1.82) is 0 Å². The van der Waals surface area contributed by atoms with Crippen LogP contribution in [0, 0.1) is 0 Å². The fourth-order valence-corrected chi connectivity index (χ4v) is 3.32. The lowest BCUT2D eigenvalue weighted by Gasteiger charge is -2.25. The van der Waals surface area contributed by atoms with E-state index in [0.717, 1.165) is 12.2 Å². The molecule has 0 spiro atoms. The van der Waals surface area contributed by atoms with Gasteiger partial charge in [-0.2, -0.15) is 4.31 Å². The minimum atomic E-state index is -3.58. The number of sulfonamides is 1. The Morgan fingerprint density at radius 3 is 2.58 bits per heavy atom. The number of amides is 1. The SMILES string of the molecule is CCNc1ccc(S(=O)(=O)N2CCNC(=O)C2)cc1. The average molecular weight is 283 g/mol. The summed E-state index contributed by atoms with van der Waals surface area (Å²) in [5, 5.41) is 5.71. The highest BCUT2D eigenvalue weighted by Gasteiger charge is 2.28. The molecule has 2 rings (SSSR count). The molecule has 1 aliphatic rings. The Labute approximate surface area is 112 Å². The summed E-state index contributed by atoms with van der Waals surface area (Å²) in [5.41, 5.74) is 0.873. The van der Waals surface area contributed by atoms with Crippen molar-refractivity contribution < 1.29 is 13.2 Å². The van der Waals surface area contributed by atoms with Crippen molar-refractivity contribution in [1.82, 2.24) is 9.62 Å². The maximum absolute atomic E-state index is 12.3. The van der Waals surface area contributed by atoms with Crippen LogP contribution < -0.4 is 10.6 Å². The quantitative estimate of drug-likeness (QED) is 0.829. The monoisotopic (exact) mass is 283 g/mol. The van der Waals surface area contributed by atoms with Crippen LogP contribution in [-0.4, -0.2) is 44.8 Å². The highest BCUT2D eigenvalue weighted by molar-refractivity contribution is 7.89. The van der Waals surface area contributed by atoms with Crippen LogP contribution in [0.1, 0.15) is 6.92 Å². The van der Waals surface area contributed by atoms with Crippen LogP contribution in [-0.2, 0) is 14.8 Å². The van der Waals surface area contributed by atoms with Crippen LogP contribution >= 0.6 is 0 Å². The van der Waals surface area contributed by atoms with Gasteiger partial charge in [0, 0.05) is 25.3 Å². The second kappa shape index (κ2) is 5.58. The van der Waals surface area contributed by atoms with E-state index in [9.17, 15) is 13.2 Å². The van der Waals surface area contributed by atoms with Gasteiger partial charge in [0.15, 0.2) is 0 Å². The van der Waals surface area contributed by atoms with Gasteiger partial charge < -0.3 is 10.6 Å². The van der Waals surface area contributed by atoms with Crippen molar-refractivity contribution in [2.75, 3.05) is 31.5 Å². The zero-order chi connectivity index (χ0) is 13.9. The molecule has 1 aromatic rings. The molecule has 1 saturated heterocycles. The third kappa shape index (κ3) is 3.05. The molecule has 1 amide bonds. The number of anilines is 1. The summed E-state index contributed by atoms with van der Waals surface area (Å²) >= 11 is 0. The molecular weight excluding hydrogens is 266 g/mol. The van der Waals surface area contributed by atoms with Gasteiger partial charge in [0.2, 0.25) is 15.9 Å². The maximum atomic E-state index is 12.3. The molecule has 2 N–H and O–H groups in total. The van der Waals surface area contributed by atoms with Gasteiger partial charge in [-0.25, -0.2) is 8.42 Å². The molecule has 19 heavy (non-hydrogen) atoms. The molecule has 0 saturated carbocycles. The van der Waals surface area contributed by atoms with E-state index in [-0.39, 0.29) is 17.3 Å². The number of carbonyl (C=O) groups excluding carboxylic acids is 1. The molecule has 0 atom stereocenters. The van der Waals surface area contributed by atoms with Crippen molar-refractivity contribution in [2.24, 2.45) is 0 Å². The second-order valence-corrected chi connectivity index (χ2v) is 6.18. The van der Waals surface area contributed by atoms with E-state index in [2.05, 4.69) is 10.6 Å². The number of nitrogens with zero attached hydrogens (tertiary/aromatic N) is 1. The Kier molecular flexibility index (Phi) is 4.06. The summed E-state index contributed by atoms with van der Waals surface area (Å²) in [6, 6.07) is 6.56. The predicted octanol–water partition coefficient (Wildman–Crippen LogP) is 0.239. The minimum absolute atomic E-state index is 0.114. The molecule has 1 fully saturated rings. The third-order valence-corrected chi connectivity index (χ3v) is 4.74. The molecule has 0 aliphatic carbocycles. The molecule has 6 nitrogen and oxygen atoms in total. The fourth-order valence-electron chi connectivity index (χ4n) is 1.92. The molecule has 0 unspecified atom stereocenters. The number of carbonyl (C=O) groups is 1. The first-order valence-corrected chi connectivity index (χ1v) is 7.59. The lowest BCUT2D eigenvalue weighted by Crippen LogP contribution is -2.49. The molecule has 1 heterocycles. The smallest absolute Gasteiger partial charge is 0.243 e. The number of hydrogen-bond acceptors (Lipinski definition) is 4. The highest BCUT2D eigenvalue weighted by atomic mass is 32.2. The first-order valence-electron chi connectivity index (χ1n) is 6.15. The van der Waals surface area contributed by atoms with E-state index in [0.29, 0.717) is 13.1 Å². The average Bonchev–Trinajstić information content (AvgIpc) is 2.40. The normalized spacial score (nSPS) is 17.0. The number of nitrogens with one attached hydrogen (secondary N) is 2.